The number of carbonyl (C=O) groups is 1. The van der Waals surface area contributed by atoms with Gasteiger partial charge in [-0.3, -0.25) is 4.79 Å². The first-order chi connectivity index (χ1) is 6.24. The number of allylic oxidation sites excluding steroid dienone is 2. The minimum absolute atomic E-state index is 0.120. The van der Waals surface area contributed by atoms with Crippen molar-refractivity contribution in [3.05, 3.63) is 12.2 Å². The molecule has 0 spiro atoms. The van der Waals surface area contributed by atoms with Gasteiger partial charge in [0.25, 0.3) is 0 Å². The molecule has 0 saturated heterocycles. The Morgan fingerprint density at radius 3 is 3.00 bits per heavy atom. The van der Waals surface area contributed by atoms with E-state index in [1.54, 1.807) is 0 Å². The standard InChI is InChI=1S/C10H16O3/c1-13-10(12)7-9(11)8-5-3-2-4-6-8/h2-3,8-9,11H,4-7H2,1H3/t8?,9-/m0/s1. The Hall–Kier alpha value is -0.830. The van der Waals surface area contributed by atoms with E-state index >= 15 is 0 Å². The van der Waals surface area contributed by atoms with Gasteiger partial charge in [0.1, 0.15) is 0 Å². The van der Waals surface area contributed by atoms with Crippen molar-refractivity contribution in [2.75, 3.05) is 7.11 Å². The number of rotatable bonds is 3. The second-order valence-corrected chi connectivity index (χ2v) is 3.39. The number of methoxy groups -OCH3 is 1. The van der Waals surface area contributed by atoms with Crippen LogP contribution in [-0.2, 0) is 9.53 Å². The van der Waals surface area contributed by atoms with Crippen molar-refractivity contribution in [1.29, 1.82) is 0 Å². The fraction of sp³-hybridized carbons (Fsp3) is 0.700. The quantitative estimate of drug-likeness (QED) is 0.530. The van der Waals surface area contributed by atoms with Gasteiger partial charge in [-0.1, -0.05) is 12.2 Å². The minimum Gasteiger partial charge on any atom is -0.469 e. The number of hydrogen-bond donors (Lipinski definition) is 1. The van der Waals surface area contributed by atoms with Gasteiger partial charge in [0.15, 0.2) is 0 Å². The lowest BCUT2D eigenvalue weighted by Crippen LogP contribution is -2.24. The van der Waals surface area contributed by atoms with Gasteiger partial charge in [-0.05, 0) is 25.2 Å². The van der Waals surface area contributed by atoms with Gasteiger partial charge < -0.3 is 9.84 Å². The molecular formula is C10H16O3. The zero-order chi connectivity index (χ0) is 9.68. The summed E-state index contributed by atoms with van der Waals surface area (Å²) < 4.78 is 4.49. The Bertz CT molecular complexity index is 198. The smallest absolute Gasteiger partial charge is 0.308 e. The highest BCUT2D eigenvalue weighted by Gasteiger charge is 2.22. The lowest BCUT2D eigenvalue weighted by Gasteiger charge is -2.22. The Morgan fingerprint density at radius 2 is 2.46 bits per heavy atom. The summed E-state index contributed by atoms with van der Waals surface area (Å²) in [5, 5.41) is 9.64. The van der Waals surface area contributed by atoms with Crippen molar-refractivity contribution in [3.8, 4) is 0 Å². The van der Waals surface area contributed by atoms with E-state index in [-0.39, 0.29) is 18.3 Å². The number of esters is 1. The second-order valence-electron chi connectivity index (χ2n) is 3.39. The summed E-state index contributed by atoms with van der Waals surface area (Å²) in [4.78, 5) is 10.9. The molecule has 0 fully saturated rings. The average Bonchev–Trinajstić information content (AvgIpc) is 2.19. The van der Waals surface area contributed by atoms with Gasteiger partial charge in [-0.2, -0.15) is 0 Å². The Morgan fingerprint density at radius 1 is 1.69 bits per heavy atom. The van der Waals surface area contributed by atoms with Gasteiger partial charge in [-0.25, -0.2) is 0 Å². The topological polar surface area (TPSA) is 46.5 Å². The summed E-state index contributed by atoms with van der Waals surface area (Å²) in [6.45, 7) is 0. The average molecular weight is 184 g/mol. The highest BCUT2D eigenvalue weighted by Crippen LogP contribution is 2.23. The number of hydrogen-bond acceptors (Lipinski definition) is 3. The number of aliphatic hydroxyl groups excluding tert-OH is 1. The molecule has 1 aliphatic rings. The van der Waals surface area contributed by atoms with E-state index in [0.717, 1.165) is 19.3 Å². The van der Waals surface area contributed by atoms with Crippen molar-refractivity contribution in [2.24, 2.45) is 5.92 Å². The first kappa shape index (κ1) is 10.3. The highest BCUT2D eigenvalue weighted by atomic mass is 16.5. The van der Waals surface area contributed by atoms with Crippen molar-refractivity contribution in [2.45, 2.75) is 31.8 Å². The third-order valence-electron chi connectivity index (χ3n) is 2.46. The molecule has 0 heterocycles. The summed E-state index contributed by atoms with van der Waals surface area (Å²) in [5.74, 6) is -0.105. The van der Waals surface area contributed by atoms with Crippen molar-refractivity contribution >= 4 is 5.97 Å². The van der Waals surface area contributed by atoms with Crippen molar-refractivity contribution in [3.63, 3.8) is 0 Å². The third-order valence-corrected chi connectivity index (χ3v) is 2.46. The molecule has 3 nitrogen and oxygen atoms in total. The molecule has 0 saturated carbocycles. The van der Waals surface area contributed by atoms with Crippen LogP contribution in [0.4, 0.5) is 0 Å². The molecule has 0 aromatic heterocycles. The van der Waals surface area contributed by atoms with Gasteiger partial charge in [0, 0.05) is 0 Å². The van der Waals surface area contributed by atoms with Crippen LogP contribution >= 0.6 is 0 Å². The van der Waals surface area contributed by atoms with Gasteiger partial charge in [0.05, 0.1) is 19.6 Å². The first-order valence-corrected chi connectivity index (χ1v) is 4.64. The molecule has 1 N–H and O–H groups in total. The summed E-state index contributed by atoms with van der Waals surface area (Å²) in [7, 11) is 1.34. The first-order valence-electron chi connectivity index (χ1n) is 4.64. The highest BCUT2D eigenvalue weighted by molar-refractivity contribution is 5.69. The molecule has 13 heavy (non-hydrogen) atoms. The molecule has 3 heteroatoms. The fourth-order valence-electron chi connectivity index (χ4n) is 1.59. The van der Waals surface area contributed by atoms with Gasteiger partial charge in [-0.15, -0.1) is 0 Å². The molecule has 1 unspecified atom stereocenters. The normalized spacial score (nSPS) is 24.0. The van der Waals surface area contributed by atoms with Gasteiger partial charge >= 0.3 is 5.97 Å². The lowest BCUT2D eigenvalue weighted by molar-refractivity contribution is -0.143. The number of carbonyl (C=O) groups excluding carboxylic acids is 1. The molecule has 0 radical (unpaired) electrons. The predicted molar refractivity (Wildman–Crippen MR) is 49.1 cm³/mol. The molecule has 1 rings (SSSR count). The second kappa shape index (κ2) is 5.02. The maximum absolute atomic E-state index is 10.9. The molecule has 0 bridgehead atoms. The Labute approximate surface area is 78.4 Å². The number of aliphatic hydroxyl groups is 1. The van der Waals surface area contributed by atoms with E-state index in [0.29, 0.717) is 0 Å². The molecule has 0 aromatic rings. The summed E-state index contributed by atoms with van der Waals surface area (Å²) in [5.41, 5.74) is 0. The molecule has 0 aliphatic heterocycles. The monoisotopic (exact) mass is 184 g/mol. The Kier molecular flexibility index (Phi) is 3.96. The van der Waals surface area contributed by atoms with E-state index in [2.05, 4.69) is 16.9 Å². The van der Waals surface area contributed by atoms with Crippen LogP contribution in [0.15, 0.2) is 12.2 Å². The van der Waals surface area contributed by atoms with E-state index in [1.165, 1.54) is 7.11 Å². The van der Waals surface area contributed by atoms with Crippen molar-refractivity contribution in [1.82, 2.24) is 0 Å². The molecule has 74 valence electrons. The van der Waals surface area contributed by atoms with Crippen LogP contribution in [0.5, 0.6) is 0 Å². The summed E-state index contributed by atoms with van der Waals surface area (Å²) in [6, 6.07) is 0. The SMILES string of the molecule is COC(=O)C[C@H](O)C1CC=CCC1. The van der Waals surface area contributed by atoms with Crippen LogP contribution in [-0.4, -0.2) is 24.3 Å². The molecule has 0 amide bonds. The van der Waals surface area contributed by atoms with E-state index in [1.807, 2.05) is 0 Å². The van der Waals surface area contributed by atoms with Crippen molar-refractivity contribution < 1.29 is 14.6 Å². The van der Waals surface area contributed by atoms with Crippen LogP contribution in [0.1, 0.15) is 25.7 Å². The molecular weight excluding hydrogens is 168 g/mol. The van der Waals surface area contributed by atoms with E-state index < -0.39 is 6.10 Å². The maximum atomic E-state index is 10.9. The Balaban J connectivity index is 2.33. The number of ether oxygens (including phenoxy) is 1. The fourth-order valence-corrected chi connectivity index (χ4v) is 1.59. The lowest BCUT2D eigenvalue weighted by atomic mass is 9.88. The molecule has 1 aliphatic carbocycles. The van der Waals surface area contributed by atoms with E-state index in [4.69, 9.17) is 0 Å². The summed E-state index contributed by atoms with van der Waals surface area (Å²) in [6.07, 6.45) is 6.60. The van der Waals surface area contributed by atoms with Crippen LogP contribution in [0.2, 0.25) is 0 Å². The van der Waals surface area contributed by atoms with E-state index in [9.17, 15) is 9.90 Å². The third kappa shape index (κ3) is 3.19. The van der Waals surface area contributed by atoms with Crippen LogP contribution < -0.4 is 0 Å². The zero-order valence-electron chi connectivity index (χ0n) is 7.90. The van der Waals surface area contributed by atoms with Crippen LogP contribution in [0, 0.1) is 5.92 Å². The minimum atomic E-state index is -0.544. The van der Waals surface area contributed by atoms with Crippen LogP contribution in [0.25, 0.3) is 0 Å². The molecule has 2 atom stereocenters. The summed E-state index contributed by atoms with van der Waals surface area (Å²) >= 11 is 0. The van der Waals surface area contributed by atoms with Crippen LogP contribution in [0.3, 0.4) is 0 Å². The maximum Gasteiger partial charge on any atom is 0.308 e. The largest absolute Gasteiger partial charge is 0.469 e. The molecule has 0 aromatic carbocycles. The van der Waals surface area contributed by atoms with Gasteiger partial charge in [0.2, 0.25) is 0 Å². The predicted octanol–water partition coefficient (Wildman–Crippen LogP) is 1.27. The zero-order valence-corrected chi connectivity index (χ0v) is 7.90.